The Kier molecular flexibility index (Phi) is 6.22. The minimum Gasteiger partial charge on any atom is -0.335 e. The molecule has 0 spiro atoms. The zero-order chi connectivity index (χ0) is 12.7. The smallest absolute Gasteiger partial charge is 0.110 e. The first-order valence-corrected chi connectivity index (χ1v) is 6.69. The van der Waals surface area contributed by atoms with Crippen LogP contribution in [0.5, 0.6) is 0 Å². The fraction of sp³-hybridized carbons (Fsp3) is 0.769. The molecule has 0 amide bonds. The van der Waals surface area contributed by atoms with Gasteiger partial charge in [0.25, 0.3) is 0 Å². The second kappa shape index (κ2) is 7.45. The molecule has 1 heterocycles. The molecule has 0 saturated heterocycles. The van der Waals surface area contributed by atoms with E-state index in [0.717, 1.165) is 25.2 Å². The van der Waals surface area contributed by atoms with Crippen LogP contribution in [0.2, 0.25) is 0 Å². The lowest BCUT2D eigenvalue weighted by Gasteiger charge is -2.23. The quantitative estimate of drug-likeness (QED) is 0.538. The number of aryl methyl sites for hydroxylation is 1. The van der Waals surface area contributed by atoms with E-state index in [1.807, 2.05) is 6.20 Å². The van der Waals surface area contributed by atoms with Gasteiger partial charge in [0.15, 0.2) is 0 Å². The summed E-state index contributed by atoms with van der Waals surface area (Å²) in [6.45, 7) is 7.68. The zero-order valence-electron chi connectivity index (χ0n) is 11.3. The summed E-state index contributed by atoms with van der Waals surface area (Å²) in [6, 6.07) is 0.313. The van der Waals surface area contributed by atoms with Gasteiger partial charge in [0, 0.05) is 31.4 Å². The molecular weight excluding hydrogens is 212 g/mol. The molecule has 0 fully saturated rings. The van der Waals surface area contributed by atoms with Crippen LogP contribution in [0.25, 0.3) is 0 Å². The van der Waals surface area contributed by atoms with E-state index in [1.54, 1.807) is 0 Å². The number of nitrogens with two attached hydrogens (primary N) is 1. The molecule has 0 radical (unpaired) electrons. The number of hydrogen-bond donors (Lipinski definition) is 2. The fourth-order valence-corrected chi connectivity index (χ4v) is 2.25. The summed E-state index contributed by atoms with van der Waals surface area (Å²) in [5.74, 6) is 7.37. The van der Waals surface area contributed by atoms with Gasteiger partial charge in [0.05, 0.1) is 0 Å². The summed E-state index contributed by atoms with van der Waals surface area (Å²) in [5, 5.41) is 0. The van der Waals surface area contributed by atoms with Crippen LogP contribution in [-0.4, -0.2) is 15.6 Å². The highest BCUT2D eigenvalue weighted by Crippen LogP contribution is 2.14. The van der Waals surface area contributed by atoms with Crippen LogP contribution in [0.3, 0.4) is 0 Å². The van der Waals surface area contributed by atoms with Crippen molar-refractivity contribution in [3.05, 3.63) is 18.2 Å². The SMILES string of the molecule is CCCC(C)C(Cc1nccn1CCC)NN. The molecule has 2 unspecified atom stereocenters. The number of nitrogens with one attached hydrogen (secondary N) is 1. The van der Waals surface area contributed by atoms with Crippen LogP contribution in [0.15, 0.2) is 12.4 Å². The van der Waals surface area contributed by atoms with E-state index in [-0.39, 0.29) is 0 Å². The van der Waals surface area contributed by atoms with Crippen LogP contribution in [0, 0.1) is 5.92 Å². The van der Waals surface area contributed by atoms with Crippen molar-refractivity contribution in [1.82, 2.24) is 15.0 Å². The molecule has 0 aliphatic heterocycles. The average Bonchev–Trinajstić information content (AvgIpc) is 2.74. The number of nitrogens with zero attached hydrogens (tertiary/aromatic N) is 2. The summed E-state index contributed by atoms with van der Waals surface area (Å²) in [5.41, 5.74) is 2.94. The maximum absolute atomic E-state index is 5.66. The lowest BCUT2D eigenvalue weighted by atomic mass is 9.94. The van der Waals surface area contributed by atoms with Gasteiger partial charge < -0.3 is 4.57 Å². The van der Waals surface area contributed by atoms with Crippen LogP contribution in [0.1, 0.15) is 45.9 Å². The molecule has 2 atom stereocenters. The molecule has 1 aromatic rings. The maximum atomic E-state index is 5.66. The molecule has 0 bridgehead atoms. The monoisotopic (exact) mass is 238 g/mol. The molecule has 0 aromatic carbocycles. The Morgan fingerprint density at radius 2 is 2.18 bits per heavy atom. The highest BCUT2D eigenvalue weighted by molar-refractivity contribution is 4.96. The topological polar surface area (TPSA) is 55.9 Å². The van der Waals surface area contributed by atoms with E-state index in [1.165, 1.54) is 12.8 Å². The minimum absolute atomic E-state index is 0.313. The number of aromatic nitrogens is 2. The van der Waals surface area contributed by atoms with E-state index in [9.17, 15) is 0 Å². The molecule has 0 saturated carbocycles. The molecular formula is C13H26N4. The molecule has 0 aliphatic carbocycles. The second-order valence-corrected chi connectivity index (χ2v) is 4.78. The van der Waals surface area contributed by atoms with Crippen molar-refractivity contribution in [1.29, 1.82) is 0 Å². The highest BCUT2D eigenvalue weighted by atomic mass is 15.2. The lowest BCUT2D eigenvalue weighted by Crippen LogP contribution is -2.42. The number of imidazole rings is 1. The normalized spacial score (nSPS) is 14.8. The molecule has 0 aliphatic rings. The standard InChI is InChI=1S/C13H26N4/c1-4-6-11(3)12(16-14)10-13-15-7-9-17(13)8-5-2/h7,9,11-12,16H,4-6,8,10,14H2,1-3H3. The van der Waals surface area contributed by atoms with Gasteiger partial charge in [-0.3, -0.25) is 11.3 Å². The van der Waals surface area contributed by atoms with E-state index in [0.29, 0.717) is 12.0 Å². The van der Waals surface area contributed by atoms with Crippen molar-refractivity contribution in [2.75, 3.05) is 0 Å². The molecule has 4 heteroatoms. The third-order valence-electron chi connectivity index (χ3n) is 3.31. The van der Waals surface area contributed by atoms with Crippen molar-refractivity contribution >= 4 is 0 Å². The van der Waals surface area contributed by atoms with Crippen molar-refractivity contribution < 1.29 is 0 Å². The molecule has 98 valence electrons. The number of rotatable bonds is 8. The van der Waals surface area contributed by atoms with E-state index in [4.69, 9.17) is 5.84 Å². The summed E-state index contributed by atoms with van der Waals surface area (Å²) >= 11 is 0. The zero-order valence-corrected chi connectivity index (χ0v) is 11.3. The lowest BCUT2D eigenvalue weighted by molar-refractivity contribution is 0.348. The largest absolute Gasteiger partial charge is 0.335 e. The maximum Gasteiger partial charge on any atom is 0.110 e. The Hall–Kier alpha value is -0.870. The Morgan fingerprint density at radius 3 is 2.76 bits per heavy atom. The summed E-state index contributed by atoms with van der Waals surface area (Å²) < 4.78 is 2.23. The Bertz CT molecular complexity index is 308. The van der Waals surface area contributed by atoms with Crippen LogP contribution in [-0.2, 0) is 13.0 Å². The summed E-state index contributed by atoms with van der Waals surface area (Å²) in [6.07, 6.45) is 8.37. The predicted octanol–water partition coefficient (Wildman–Crippen LogP) is 2.10. The Labute approximate surface area is 105 Å². The van der Waals surface area contributed by atoms with Crippen molar-refractivity contribution in [3.63, 3.8) is 0 Å². The van der Waals surface area contributed by atoms with E-state index in [2.05, 4.69) is 41.9 Å². The van der Waals surface area contributed by atoms with Crippen LogP contribution < -0.4 is 11.3 Å². The molecule has 4 nitrogen and oxygen atoms in total. The second-order valence-electron chi connectivity index (χ2n) is 4.78. The van der Waals surface area contributed by atoms with Gasteiger partial charge in [0.2, 0.25) is 0 Å². The first-order valence-electron chi connectivity index (χ1n) is 6.69. The van der Waals surface area contributed by atoms with Crippen LogP contribution in [0.4, 0.5) is 0 Å². The van der Waals surface area contributed by atoms with Gasteiger partial charge in [-0.1, -0.05) is 27.2 Å². The van der Waals surface area contributed by atoms with Gasteiger partial charge in [-0.05, 0) is 18.8 Å². The molecule has 1 aromatic heterocycles. The van der Waals surface area contributed by atoms with Gasteiger partial charge in [-0.2, -0.15) is 0 Å². The van der Waals surface area contributed by atoms with Crippen LogP contribution >= 0.6 is 0 Å². The third-order valence-corrected chi connectivity index (χ3v) is 3.31. The van der Waals surface area contributed by atoms with E-state index >= 15 is 0 Å². The molecule has 3 N–H and O–H groups in total. The van der Waals surface area contributed by atoms with Gasteiger partial charge >= 0.3 is 0 Å². The highest BCUT2D eigenvalue weighted by Gasteiger charge is 2.17. The van der Waals surface area contributed by atoms with Gasteiger partial charge in [-0.15, -0.1) is 0 Å². The number of hydrogen-bond acceptors (Lipinski definition) is 3. The predicted molar refractivity (Wildman–Crippen MR) is 71.4 cm³/mol. The summed E-state index contributed by atoms with van der Waals surface area (Å²) in [4.78, 5) is 4.43. The fourth-order valence-electron chi connectivity index (χ4n) is 2.25. The van der Waals surface area contributed by atoms with Gasteiger partial charge in [0.1, 0.15) is 5.82 Å². The Morgan fingerprint density at radius 1 is 1.41 bits per heavy atom. The molecule has 17 heavy (non-hydrogen) atoms. The minimum atomic E-state index is 0.313. The van der Waals surface area contributed by atoms with Gasteiger partial charge in [-0.25, -0.2) is 4.98 Å². The average molecular weight is 238 g/mol. The summed E-state index contributed by atoms with van der Waals surface area (Å²) in [7, 11) is 0. The third kappa shape index (κ3) is 4.13. The first-order chi connectivity index (χ1) is 8.22. The Balaban J connectivity index is 2.63. The van der Waals surface area contributed by atoms with E-state index < -0.39 is 0 Å². The first kappa shape index (κ1) is 14.2. The van der Waals surface area contributed by atoms with Crippen molar-refractivity contribution in [2.24, 2.45) is 11.8 Å². The molecule has 1 rings (SSSR count). The van der Waals surface area contributed by atoms with Crippen molar-refractivity contribution in [2.45, 2.75) is 59.0 Å². The number of hydrazine groups is 1. The van der Waals surface area contributed by atoms with Crippen molar-refractivity contribution in [3.8, 4) is 0 Å².